The summed E-state index contributed by atoms with van der Waals surface area (Å²) in [4.78, 5) is 24.5. The number of β-amino-alcohol motifs (C(OH)–C–C–N with tert-alkyl or cyclic N) is 1. The zero-order valence-electron chi connectivity index (χ0n) is 11.7. The zero-order chi connectivity index (χ0) is 15.4. The molecular weight excluding hydrogens is 274 g/mol. The highest BCUT2D eigenvalue weighted by molar-refractivity contribution is 5.96. The van der Waals surface area contributed by atoms with Crippen LogP contribution in [0.1, 0.15) is 22.3 Å². The predicted molar refractivity (Wildman–Crippen MR) is 76.2 cm³/mol. The molecular formula is C15H17NO5. The van der Waals surface area contributed by atoms with Crippen LogP contribution in [0, 0.1) is 0 Å². The van der Waals surface area contributed by atoms with Crippen molar-refractivity contribution in [2.75, 3.05) is 20.2 Å². The molecule has 1 aromatic carbocycles. The number of ether oxygens (including phenoxy) is 1. The highest BCUT2D eigenvalue weighted by atomic mass is 16.5. The van der Waals surface area contributed by atoms with Crippen LogP contribution in [0.15, 0.2) is 24.3 Å². The van der Waals surface area contributed by atoms with Crippen molar-refractivity contribution in [2.24, 2.45) is 0 Å². The molecule has 0 aliphatic carbocycles. The van der Waals surface area contributed by atoms with E-state index in [-0.39, 0.29) is 5.91 Å². The molecule has 1 aliphatic heterocycles. The third kappa shape index (κ3) is 3.61. The molecule has 0 saturated carbocycles. The van der Waals surface area contributed by atoms with Gasteiger partial charge in [0.1, 0.15) is 5.75 Å². The smallest absolute Gasteiger partial charge is 0.328 e. The van der Waals surface area contributed by atoms with E-state index in [1.807, 2.05) is 0 Å². The SMILES string of the molecule is COc1ccc(C(=O)N2CCC(O)C2)cc1C=CC(=O)O. The minimum Gasteiger partial charge on any atom is -0.496 e. The molecule has 6 heteroatoms. The Hall–Kier alpha value is -2.34. The number of aliphatic hydroxyl groups is 1. The third-order valence-electron chi connectivity index (χ3n) is 3.33. The Morgan fingerprint density at radius 1 is 1.43 bits per heavy atom. The molecule has 1 atom stereocenters. The first-order valence-corrected chi connectivity index (χ1v) is 6.57. The van der Waals surface area contributed by atoms with Gasteiger partial charge in [0.25, 0.3) is 5.91 Å². The second-order valence-corrected chi connectivity index (χ2v) is 4.82. The Morgan fingerprint density at radius 3 is 2.76 bits per heavy atom. The third-order valence-corrected chi connectivity index (χ3v) is 3.33. The molecule has 112 valence electrons. The highest BCUT2D eigenvalue weighted by Crippen LogP contribution is 2.23. The van der Waals surface area contributed by atoms with Crippen LogP contribution in [0.25, 0.3) is 6.08 Å². The summed E-state index contributed by atoms with van der Waals surface area (Å²) in [5.74, 6) is -0.763. The van der Waals surface area contributed by atoms with E-state index in [0.29, 0.717) is 36.4 Å². The number of aliphatic carboxylic acids is 1. The van der Waals surface area contributed by atoms with E-state index in [4.69, 9.17) is 9.84 Å². The number of amides is 1. The number of carbonyl (C=O) groups excluding carboxylic acids is 1. The number of methoxy groups -OCH3 is 1. The van der Waals surface area contributed by atoms with Gasteiger partial charge in [0.2, 0.25) is 0 Å². The predicted octanol–water partition coefficient (Wildman–Crippen LogP) is 1.000. The molecule has 2 rings (SSSR count). The van der Waals surface area contributed by atoms with E-state index in [1.165, 1.54) is 13.2 Å². The lowest BCUT2D eigenvalue weighted by atomic mass is 10.1. The maximum Gasteiger partial charge on any atom is 0.328 e. The van der Waals surface area contributed by atoms with E-state index < -0.39 is 12.1 Å². The van der Waals surface area contributed by atoms with Crippen LogP contribution in [0.3, 0.4) is 0 Å². The number of benzene rings is 1. The van der Waals surface area contributed by atoms with Crippen LogP contribution in [-0.2, 0) is 4.79 Å². The quantitative estimate of drug-likeness (QED) is 0.808. The summed E-state index contributed by atoms with van der Waals surface area (Å²) < 4.78 is 5.15. The summed E-state index contributed by atoms with van der Waals surface area (Å²) in [6.45, 7) is 0.845. The molecule has 2 N–H and O–H groups in total. The topological polar surface area (TPSA) is 87.1 Å². The maximum absolute atomic E-state index is 12.3. The molecule has 21 heavy (non-hydrogen) atoms. The van der Waals surface area contributed by atoms with Gasteiger partial charge in [0, 0.05) is 30.3 Å². The molecule has 0 bridgehead atoms. The van der Waals surface area contributed by atoms with Gasteiger partial charge < -0.3 is 19.8 Å². The summed E-state index contributed by atoms with van der Waals surface area (Å²) in [5, 5.41) is 18.2. The summed E-state index contributed by atoms with van der Waals surface area (Å²) in [7, 11) is 1.48. The molecule has 1 saturated heterocycles. The second-order valence-electron chi connectivity index (χ2n) is 4.82. The first-order chi connectivity index (χ1) is 10.0. The fourth-order valence-corrected chi connectivity index (χ4v) is 2.27. The highest BCUT2D eigenvalue weighted by Gasteiger charge is 2.25. The van der Waals surface area contributed by atoms with E-state index in [2.05, 4.69) is 0 Å². The average molecular weight is 291 g/mol. The van der Waals surface area contributed by atoms with Crippen LogP contribution in [0.4, 0.5) is 0 Å². The summed E-state index contributed by atoms with van der Waals surface area (Å²) >= 11 is 0. The van der Waals surface area contributed by atoms with Crippen LogP contribution in [0.2, 0.25) is 0 Å². The lowest BCUT2D eigenvalue weighted by Gasteiger charge is -2.16. The Kier molecular flexibility index (Phi) is 4.59. The van der Waals surface area contributed by atoms with Crippen LogP contribution < -0.4 is 4.74 Å². The number of carboxylic acid groups (broad SMARTS) is 1. The van der Waals surface area contributed by atoms with Crippen LogP contribution in [0.5, 0.6) is 5.75 Å². The Morgan fingerprint density at radius 2 is 2.19 bits per heavy atom. The van der Waals surface area contributed by atoms with Crippen molar-refractivity contribution in [1.29, 1.82) is 0 Å². The standard InChI is InChI=1S/C15H17NO5/c1-21-13-4-2-11(8-10(13)3-5-14(18)19)15(20)16-7-6-12(17)9-16/h2-5,8,12,17H,6-7,9H2,1H3,(H,18,19). The van der Waals surface area contributed by atoms with Gasteiger partial charge in [-0.15, -0.1) is 0 Å². The van der Waals surface area contributed by atoms with Crippen LogP contribution >= 0.6 is 0 Å². The van der Waals surface area contributed by atoms with Gasteiger partial charge >= 0.3 is 5.97 Å². The van der Waals surface area contributed by atoms with Gasteiger partial charge in [0.15, 0.2) is 0 Å². The van der Waals surface area contributed by atoms with Gasteiger partial charge in [0.05, 0.1) is 13.2 Å². The molecule has 1 fully saturated rings. The molecule has 1 aromatic rings. The van der Waals surface area contributed by atoms with E-state index >= 15 is 0 Å². The number of hydrogen-bond donors (Lipinski definition) is 2. The number of likely N-dealkylation sites (tertiary alicyclic amines) is 1. The van der Waals surface area contributed by atoms with Crippen molar-refractivity contribution in [1.82, 2.24) is 4.90 Å². The van der Waals surface area contributed by atoms with Crippen molar-refractivity contribution in [2.45, 2.75) is 12.5 Å². The molecule has 1 heterocycles. The largest absolute Gasteiger partial charge is 0.496 e. The van der Waals surface area contributed by atoms with Crippen molar-refractivity contribution >= 4 is 18.0 Å². The molecule has 0 spiro atoms. The lowest BCUT2D eigenvalue weighted by Crippen LogP contribution is -2.29. The first-order valence-electron chi connectivity index (χ1n) is 6.57. The van der Waals surface area contributed by atoms with Crippen molar-refractivity contribution in [3.63, 3.8) is 0 Å². The molecule has 1 aliphatic rings. The number of nitrogens with zero attached hydrogens (tertiary/aromatic N) is 1. The molecule has 1 unspecified atom stereocenters. The number of rotatable bonds is 4. The fourth-order valence-electron chi connectivity index (χ4n) is 2.27. The molecule has 0 radical (unpaired) electrons. The normalized spacial score (nSPS) is 18.2. The second kappa shape index (κ2) is 6.41. The Balaban J connectivity index is 2.26. The molecule has 0 aromatic heterocycles. The minimum absolute atomic E-state index is 0.181. The summed E-state index contributed by atoms with van der Waals surface area (Å²) in [5.41, 5.74) is 0.959. The zero-order valence-corrected chi connectivity index (χ0v) is 11.7. The molecule has 6 nitrogen and oxygen atoms in total. The van der Waals surface area contributed by atoms with Gasteiger partial charge in [-0.05, 0) is 30.7 Å². The number of aliphatic hydroxyl groups excluding tert-OH is 1. The molecule has 1 amide bonds. The lowest BCUT2D eigenvalue weighted by molar-refractivity contribution is -0.131. The van der Waals surface area contributed by atoms with Crippen molar-refractivity contribution in [3.8, 4) is 5.75 Å². The van der Waals surface area contributed by atoms with Gasteiger partial charge in [-0.25, -0.2) is 4.79 Å². The van der Waals surface area contributed by atoms with Crippen molar-refractivity contribution < 1.29 is 24.5 Å². The average Bonchev–Trinajstić information content (AvgIpc) is 2.90. The monoisotopic (exact) mass is 291 g/mol. The number of hydrogen-bond acceptors (Lipinski definition) is 4. The first kappa shape index (κ1) is 15.1. The van der Waals surface area contributed by atoms with E-state index in [1.54, 1.807) is 23.1 Å². The maximum atomic E-state index is 12.3. The Bertz CT molecular complexity index is 581. The summed E-state index contributed by atoms with van der Waals surface area (Å²) in [6.07, 6.45) is 2.48. The summed E-state index contributed by atoms with van der Waals surface area (Å²) in [6, 6.07) is 4.84. The Labute approximate surface area is 122 Å². The number of carboxylic acids is 1. The van der Waals surface area contributed by atoms with Gasteiger partial charge in [-0.3, -0.25) is 4.79 Å². The van der Waals surface area contributed by atoms with Gasteiger partial charge in [-0.1, -0.05) is 0 Å². The van der Waals surface area contributed by atoms with Crippen LogP contribution in [-0.4, -0.2) is 53.3 Å². The van der Waals surface area contributed by atoms with E-state index in [9.17, 15) is 14.7 Å². The van der Waals surface area contributed by atoms with Crippen molar-refractivity contribution in [3.05, 3.63) is 35.4 Å². The fraction of sp³-hybridized carbons (Fsp3) is 0.333. The van der Waals surface area contributed by atoms with E-state index in [0.717, 1.165) is 6.08 Å². The minimum atomic E-state index is -1.07. The number of carbonyl (C=O) groups is 2. The van der Waals surface area contributed by atoms with Gasteiger partial charge in [-0.2, -0.15) is 0 Å².